The third-order valence-corrected chi connectivity index (χ3v) is 4.10. The molecular weight excluding hydrogens is 314 g/mol. The van der Waals surface area contributed by atoms with Crippen LogP contribution in [0, 0.1) is 6.92 Å². The van der Waals surface area contributed by atoms with Gasteiger partial charge in [-0.05, 0) is 25.0 Å². The van der Waals surface area contributed by atoms with Gasteiger partial charge in [0.05, 0.1) is 6.04 Å². The van der Waals surface area contributed by atoms with Crippen molar-refractivity contribution in [1.29, 1.82) is 0 Å². The van der Waals surface area contributed by atoms with E-state index in [-0.39, 0.29) is 11.9 Å². The zero-order valence-corrected chi connectivity index (χ0v) is 14.4. The lowest BCUT2D eigenvalue weighted by molar-refractivity contribution is -0.121. The summed E-state index contributed by atoms with van der Waals surface area (Å²) in [5.74, 6) is 0.999. The van der Waals surface area contributed by atoms with E-state index in [0.717, 1.165) is 16.7 Å². The number of amides is 1. The number of rotatable bonds is 6. The van der Waals surface area contributed by atoms with Gasteiger partial charge in [0.15, 0.2) is 0 Å². The third-order valence-electron chi connectivity index (χ3n) is 4.10. The van der Waals surface area contributed by atoms with Crippen molar-refractivity contribution >= 4 is 5.91 Å². The van der Waals surface area contributed by atoms with E-state index < -0.39 is 0 Å². The van der Waals surface area contributed by atoms with Crippen LogP contribution in [0.5, 0.6) is 0 Å². The van der Waals surface area contributed by atoms with Crippen molar-refractivity contribution in [3.05, 3.63) is 71.6 Å². The molecule has 3 aromatic rings. The summed E-state index contributed by atoms with van der Waals surface area (Å²) in [7, 11) is 0. The van der Waals surface area contributed by atoms with Crippen LogP contribution in [0.1, 0.15) is 36.4 Å². The number of carbonyl (C=O) groups is 1. The molecule has 5 nitrogen and oxygen atoms in total. The highest BCUT2D eigenvalue weighted by Crippen LogP contribution is 2.20. The molecule has 0 aliphatic rings. The Labute approximate surface area is 147 Å². The van der Waals surface area contributed by atoms with Crippen molar-refractivity contribution in [2.75, 3.05) is 0 Å². The van der Waals surface area contributed by atoms with Gasteiger partial charge in [-0.15, -0.1) is 0 Å². The van der Waals surface area contributed by atoms with Gasteiger partial charge in [0.25, 0.3) is 0 Å². The molecular formula is C20H21N3O2. The van der Waals surface area contributed by atoms with E-state index >= 15 is 0 Å². The maximum absolute atomic E-state index is 12.1. The number of carbonyl (C=O) groups excluding carboxylic acids is 1. The maximum Gasteiger partial charge on any atom is 0.227 e. The fraction of sp³-hybridized carbons (Fsp3) is 0.250. The van der Waals surface area contributed by atoms with Gasteiger partial charge in [0.2, 0.25) is 17.6 Å². The number of aromatic nitrogens is 2. The number of benzene rings is 2. The summed E-state index contributed by atoms with van der Waals surface area (Å²) in [6.07, 6.45) is 0.735. The summed E-state index contributed by atoms with van der Waals surface area (Å²) < 4.78 is 5.27. The minimum Gasteiger partial charge on any atom is -0.350 e. The van der Waals surface area contributed by atoms with Gasteiger partial charge in [-0.25, -0.2) is 0 Å². The van der Waals surface area contributed by atoms with Crippen LogP contribution in [0.4, 0.5) is 0 Å². The van der Waals surface area contributed by atoms with Crippen LogP contribution >= 0.6 is 0 Å². The van der Waals surface area contributed by atoms with E-state index in [9.17, 15) is 4.79 Å². The Morgan fingerprint density at radius 2 is 1.84 bits per heavy atom. The highest BCUT2D eigenvalue weighted by molar-refractivity contribution is 5.76. The first-order chi connectivity index (χ1) is 12.1. The maximum atomic E-state index is 12.1. The summed E-state index contributed by atoms with van der Waals surface area (Å²) in [5, 5.41) is 7.00. The Bertz CT molecular complexity index is 843. The second-order valence-corrected chi connectivity index (χ2v) is 6.03. The topological polar surface area (TPSA) is 68.0 Å². The average molecular weight is 335 g/mol. The average Bonchev–Trinajstić information content (AvgIpc) is 3.10. The number of nitrogens with zero attached hydrogens (tertiary/aromatic N) is 2. The summed E-state index contributed by atoms with van der Waals surface area (Å²) in [6, 6.07) is 17.7. The molecule has 0 saturated carbocycles. The quantitative estimate of drug-likeness (QED) is 0.743. The van der Waals surface area contributed by atoms with Gasteiger partial charge >= 0.3 is 0 Å². The molecule has 1 unspecified atom stereocenters. The van der Waals surface area contributed by atoms with Crippen molar-refractivity contribution in [3.8, 4) is 11.4 Å². The minimum absolute atomic E-state index is 0.0288. The Balaban J connectivity index is 1.55. The largest absolute Gasteiger partial charge is 0.350 e. The molecule has 2 aromatic carbocycles. The Kier molecular flexibility index (Phi) is 5.23. The monoisotopic (exact) mass is 335 g/mol. The van der Waals surface area contributed by atoms with Gasteiger partial charge in [-0.2, -0.15) is 4.98 Å². The normalized spacial score (nSPS) is 11.9. The standard InChI is InChI=1S/C20H21N3O2/c1-14-8-6-7-11-17(14)20-22-19(25-23-20)13-12-18(24)21-15(2)16-9-4-3-5-10-16/h3-11,15H,12-13H2,1-2H3,(H,21,24). The zero-order chi connectivity index (χ0) is 17.6. The van der Waals surface area contributed by atoms with Crippen LogP contribution in [0.25, 0.3) is 11.4 Å². The van der Waals surface area contributed by atoms with Gasteiger partial charge in [0.1, 0.15) is 0 Å². The molecule has 0 fully saturated rings. The Morgan fingerprint density at radius 1 is 1.12 bits per heavy atom. The van der Waals surface area contributed by atoms with Crippen molar-refractivity contribution in [2.45, 2.75) is 32.7 Å². The lowest BCUT2D eigenvalue weighted by atomic mass is 10.1. The van der Waals surface area contributed by atoms with Crippen LogP contribution < -0.4 is 5.32 Å². The van der Waals surface area contributed by atoms with Crippen LogP contribution in [-0.2, 0) is 11.2 Å². The number of aryl methyl sites for hydroxylation is 2. The van der Waals surface area contributed by atoms with Crippen LogP contribution in [0.15, 0.2) is 59.1 Å². The molecule has 25 heavy (non-hydrogen) atoms. The molecule has 0 aliphatic heterocycles. The molecule has 0 bridgehead atoms. The van der Waals surface area contributed by atoms with E-state index in [1.54, 1.807) is 0 Å². The van der Waals surface area contributed by atoms with Crippen LogP contribution in [0.3, 0.4) is 0 Å². The summed E-state index contributed by atoms with van der Waals surface area (Å²) in [6.45, 7) is 3.97. The molecule has 3 rings (SSSR count). The van der Waals surface area contributed by atoms with Crippen molar-refractivity contribution < 1.29 is 9.32 Å². The predicted octanol–water partition coefficient (Wildman–Crippen LogP) is 3.86. The number of nitrogens with one attached hydrogen (secondary N) is 1. The highest BCUT2D eigenvalue weighted by atomic mass is 16.5. The molecule has 1 heterocycles. The molecule has 128 valence electrons. The van der Waals surface area contributed by atoms with Crippen molar-refractivity contribution in [3.63, 3.8) is 0 Å². The number of hydrogen-bond donors (Lipinski definition) is 1. The van der Waals surface area contributed by atoms with Crippen molar-refractivity contribution in [2.24, 2.45) is 0 Å². The summed E-state index contributed by atoms with van der Waals surface area (Å²) >= 11 is 0. The first-order valence-corrected chi connectivity index (χ1v) is 8.36. The van der Waals surface area contributed by atoms with E-state index in [0.29, 0.717) is 24.6 Å². The molecule has 1 N–H and O–H groups in total. The molecule has 0 spiro atoms. The third kappa shape index (κ3) is 4.32. The SMILES string of the molecule is Cc1ccccc1-c1noc(CCC(=O)NC(C)c2ccccc2)n1. The lowest BCUT2D eigenvalue weighted by Crippen LogP contribution is -2.26. The first-order valence-electron chi connectivity index (χ1n) is 8.36. The predicted molar refractivity (Wildman–Crippen MR) is 95.8 cm³/mol. The molecule has 0 radical (unpaired) electrons. The van der Waals surface area contributed by atoms with E-state index in [4.69, 9.17) is 4.52 Å². The van der Waals surface area contributed by atoms with E-state index in [2.05, 4.69) is 15.5 Å². The highest BCUT2D eigenvalue weighted by Gasteiger charge is 2.13. The Hall–Kier alpha value is -2.95. The minimum atomic E-state index is -0.0352. The molecule has 5 heteroatoms. The van der Waals surface area contributed by atoms with E-state index in [1.165, 1.54) is 0 Å². The van der Waals surface area contributed by atoms with Gasteiger partial charge < -0.3 is 9.84 Å². The number of hydrogen-bond acceptors (Lipinski definition) is 4. The second kappa shape index (κ2) is 7.75. The fourth-order valence-corrected chi connectivity index (χ4v) is 2.65. The van der Waals surface area contributed by atoms with Gasteiger partial charge in [-0.1, -0.05) is 59.8 Å². The molecule has 0 saturated heterocycles. The van der Waals surface area contributed by atoms with E-state index in [1.807, 2.05) is 68.4 Å². The van der Waals surface area contributed by atoms with Crippen LogP contribution in [0.2, 0.25) is 0 Å². The molecule has 1 atom stereocenters. The summed E-state index contributed by atoms with van der Waals surface area (Å²) in [5.41, 5.74) is 3.11. The summed E-state index contributed by atoms with van der Waals surface area (Å²) in [4.78, 5) is 16.5. The van der Waals surface area contributed by atoms with Gasteiger partial charge in [-0.3, -0.25) is 4.79 Å². The smallest absolute Gasteiger partial charge is 0.227 e. The zero-order valence-electron chi connectivity index (χ0n) is 14.4. The molecule has 1 aromatic heterocycles. The molecule has 0 aliphatic carbocycles. The fourth-order valence-electron chi connectivity index (χ4n) is 2.65. The van der Waals surface area contributed by atoms with Crippen LogP contribution in [-0.4, -0.2) is 16.0 Å². The Morgan fingerprint density at radius 3 is 2.60 bits per heavy atom. The lowest BCUT2D eigenvalue weighted by Gasteiger charge is -2.13. The second-order valence-electron chi connectivity index (χ2n) is 6.03. The molecule has 1 amide bonds. The van der Waals surface area contributed by atoms with Crippen molar-refractivity contribution in [1.82, 2.24) is 15.5 Å². The van der Waals surface area contributed by atoms with Gasteiger partial charge in [0, 0.05) is 18.4 Å². The first kappa shape index (κ1) is 16.9.